The van der Waals surface area contributed by atoms with E-state index in [1.54, 1.807) is 18.2 Å². The first-order valence-corrected chi connectivity index (χ1v) is 6.07. The van der Waals surface area contributed by atoms with Gasteiger partial charge < -0.3 is 5.11 Å². The van der Waals surface area contributed by atoms with Gasteiger partial charge in [0.05, 0.1) is 5.56 Å². The average molecular weight is 266 g/mol. The number of rotatable bonds is 1. The predicted octanol–water partition coefficient (Wildman–Crippen LogP) is 2.47. The summed E-state index contributed by atoms with van der Waals surface area (Å²) in [5.41, 5.74) is 1.47. The van der Waals surface area contributed by atoms with Gasteiger partial charge in [-0.1, -0.05) is 29.8 Å². The van der Waals surface area contributed by atoms with Gasteiger partial charge in [0.25, 0.3) is 0 Å². The molecule has 3 rings (SSSR count). The molecule has 0 atom stereocenters. The van der Waals surface area contributed by atoms with Crippen molar-refractivity contribution in [3.8, 4) is 0 Å². The Morgan fingerprint density at radius 2 is 1.70 bits per heavy atom. The van der Waals surface area contributed by atoms with Gasteiger partial charge in [-0.2, -0.15) is 0 Å². The fourth-order valence-electron chi connectivity index (χ4n) is 2.49. The lowest BCUT2D eigenvalue weighted by molar-refractivity contribution is 0.0692. The van der Waals surface area contributed by atoms with E-state index >= 15 is 0 Å². The second-order valence-corrected chi connectivity index (χ2v) is 4.74. The van der Waals surface area contributed by atoms with Crippen LogP contribution in [0.2, 0.25) is 0 Å². The number of ketones is 2. The minimum Gasteiger partial charge on any atom is -0.478 e. The molecule has 1 aliphatic carbocycles. The second-order valence-electron chi connectivity index (χ2n) is 4.74. The third-order valence-corrected chi connectivity index (χ3v) is 3.43. The van der Waals surface area contributed by atoms with Crippen LogP contribution in [-0.2, 0) is 0 Å². The topological polar surface area (TPSA) is 71.4 Å². The summed E-state index contributed by atoms with van der Waals surface area (Å²) in [6.45, 7) is 1.82. The van der Waals surface area contributed by atoms with Crippen molar-refractivity contribution in [3.63, 3.8) is 0 Å². The molecule has 1 aliphatic rings. The van der Waals surface area contributed by atoms with Crippen LogP contribution in [0.1, 0.15) is 47.8 Å². The maximum Gasteiger partial charge on any atom is 0.336 e. The van der Waals surface area contributed by atoms with Crippen LogP contribution in [0.15, 0.2) is 36.4 Å². The highest BCUT2D eigenvalue weighted by atomic mass is 16.4. The number of fused-ring (bicyclic) bond motifs is 2. The van der Waals surface area contributed by atoms with E-state index < -0.39 is 11.8 Å². The molecule has 0 unspecified atom stereocenters. The highest BCUT2D eigenvalue weighted by Crippen LogP contribution is 2.30. The predicted molar refractivity (Wildman–Crippen MR) is 71.4 cm³/mol. The Labute approximate surface area is 114 Å². The van der Waals surface area contributed by atoms with Crippen LogP contribution < -0.4 is 0 Å². The molecule has 98 valence electrons. The van der Waals surface area contributed by atoms with Crippen LogP contribution in [0.5, 0.6) is 0 Å². The first-order chi connectivity index (χ1) is 9.50. The summed E-state index contributed by atoms with van der Waals surface area (Å²) in [5.74, 6) is -1.92. The Morgan fingerprint density at radius 1 is 0.950 bits per heavy atom. The molecule has 0 spiro atoms. The highest BCUT2D eigenvalue weighted by Gasteiger charge is 2.32. The van der Waals surface area contributed by atoms with Gasteiger partial charge in [0, 0.05) is 22.3 Å². The van der Waals surface area contributed by atoms with Gasteiger partial charge in [-0.05, 0) is 19.1 Å². The van der Waals surface area contributed by atoms with Gasteiger partial charge in [0.1, 0.15) is 0 Å². The molecule has 0 radical (unpaired) electrons. The lowest BCUT2D eigenvalue weighted by Gasteiger charge is -2.19. The van der Waals surface area contributed by atoms with Crippen LogP contribution in [0, 0.1) is 6.92 Å². The van der Waals surface area contributed by atoms with E-state index in [4.69, 9.17) is 0 Å². The van der Waals surface area contributed by atoms with E-state index in [1.165, 1.54) is 18.2 Å². The zero-order chi connectivity index (χ0) is 14.4. The summed E-state index contributed by atoms with van der Waals surface area (Å²) < 4.78 is 0. The lowest BCUT2D eigenvalue weighted by atomic mass is 9.81. The monoisotopic (exact) mass is 266 g/mol. The molecule has 20 heavy (non-hydrogen) atoms. The number of aryl methyl sites for hydroxylation is 1. The molecule has 2 aromatic carbocycles. The third-order valence-electron chi connectivity index (χ3n) is 3.43. The van der Waals surface area contributed by atoms with Crippen molar-refractivity contribution in [2.24, 2.45) is 0 Å². The van der Waals surface area contributed by atoms with E-state index in [-0.39, 0.29) is 28.0 Å². The van der Waals surface area contributed by atoms with Crippen LogP contribution in [0.3, 0.4) is 0 Å². The Balaban J connectivity index is 2.35. The standard InChI is InChI=1S/C16H10O4/c1-8-5-6-9-12(7-8)15(18)13-10(14(9)17)3-2-4-11(13)16(19)20/h2-7H,1H3,(H,19,20). The smallest absolute Gasteiger partial charge is 0.336 e. The molecule has 0 amide bonds. The van der Waals surface area contributed by atoms with Crippen LogP contribution >= 0.6 is 0 Å². The summed E-state index contributed by atoms with van der Waals surface area (Å²) >= 11 is 0. The molecule has 1 N–H and O–H groups in total. The van der Waals surface area contributed by atoms with Crippen LogP contribution in [-0.4, -0.2) is 22.6 Å². The first kappa shape index (κ1) is 12.3. The van der Waals surface area contributed by atoms with E-state index in [0.29, 0.717) is 5.56 Å². The molecule has 0 fully saturated rings. The largest absolute Gasteiger partial charge is 0.478 e. The maximum absolute atomic E-state index is 12.5. The zero-order valence-electron chi connectivity index (χ0n) is 10.6. The van der Waals surface area contributed by atoms with Gasteiger partial charge in [-0.25, -0.2) is 4.79 Å². The normalized spacial score (nSPS) is 12.8. The second kappa shape index (κ2) is 4.13. The Hall–Kier alpha value is -2.75. The Morgan fingerprint density at radius 3 is 2.40 bits per heavy atom. The van der Waals surface area contributed by atoms with Crippen molar-refractivity contribution in [3.05, 3.63) is 69.8 Å². The fraction of sp³-hybridized carbons (Fsp3) is 0.0625. The molecular formula is C16H10O4. The number of aromatic carboxylic acids is 1. The SMILES string of the molecule is Cc1ccc2c(c1)C(=O)c1c(C(=O)O)cccc1C2=O. The van der Waals surface area contributed by atoms with Crippen molar-refractivity contribution in [2.45, 2.75) is 6.92 Å². The summed E-state index contributed by atoms with van der Waals surface area (Å²) in [6.07, 6.45) is 0. The fourth-order valence-corrected chi connectivity index (χ4v) is 2.49. The van der Waals surface area contributed by atoms with E-state index in [0.717, 1.165) is 5.56 Å². The highest BCUT2D eigenvalue weighted by molar-refractivity contribution is 6.30. The quantitative estimate of drug-likeness (QED) is 0.734. The van der Waals surface area contributed by atoms with Gasteiger partial charge in [-0.3, -0.25) is 9.59 Å². The number of benzene rings is 2. The van der Waals surface area contributed by atoms with Gasteiger partial charge in [-0.15, -0.1) is 0 Å². The minimum absolute atomic E-state index is 0.0110. The summed E-state index contributed by atoms with van der Waals surface area (Å²) in [4.78, 5) is 36.2. The maximum atomic E-state index is 12.5. The minimum atomic E-state index is -1.21. The first-order valence-electron chi connectivity index (χ1n) is 6.07. The van der Waals surface area contributed by atoms with E-state index in [2.05, 4.69) is 0 Å². The van der Waals surface area contributed by atoms with E-state index in [9.17, 15) is 19.5 Å². The third kappa shape index (κ3) is 1.58. The van der Waals surface area contributed by atoms with Crippen LogP contribution in [0.25, 0.3) is 0 Å². The molecule has 4 heteroatoms. The number of hydrogen-bond acceptors (Lipinski definition) is 3. The molecule has 0 saturated carbocycles. The number of carbonyl (C=O) groups is 3. The molecule has 0 heterocycles. The number of carboxylic acid groups (broad SMARTS) is 1. The van der Waals surface area contributed by atoms with E-state index in [1.807, 2.05) is 6.92 Å². The number of carboxylic acids is 1. The molecule has 0 bridgehead atoms. The Kier molecular flexibility index (Phi) is 2.54. The van der Waals surface area contributed by atoms with Crippen molar-refractivity contribution < 1.29 is 19.5 Å². The molecular weight excluding hydrogens is 256 g/mol. The molecule has 0 aromatic heterocycles. The Bertz CT molecular complexity index is 787. The van der Waals surface area contributed by atoms with Gasteiger partial charge >= 0.3 is 5.97 Å². The van der Waals surface area contributed by atoms with Gasteiger partial charge in [0.15, 0.2) is 11.6 Å². The summed E-state index contributed by atoms with van der Waals surface area (Å²) in [5, 5.41) is 9.18. The number of carbonyl (C=O) groups excluding carboxylic acids is 2. The van der Waals surface area contributed by atoms with Gasteiger partial charge in [0.2, 0.25) is 0 Å². The lowest BCUT2D eigenvalue weighted by Crippen LogP contribution is -2.24. The van der Waals surface area contributed by atoms with Crippen molar-refractivity contribution in [1.82, 2.24) is 0 Å². The molecule has 2 aromatic rings. The van der Waals surface area contributed by atoms with Crippen molar-refractivity contribution in [1.29, 1.82) is 0 Å². The zero-order valence-corrected chi connectivity index (χ0v) is 10.6. The van der Waals surface area contributed by atoms with Crippen LogP contribution in [0.4, 0.5) is 0 Å². The summed E-state index contributed by atoms with van der Waals surface area (Å²) in [7, 11) is 0. The molecule has 0 saturated heterocycles. The molecule has 4 nitrogen and oxygen atoms in total. The average Bonchev–Trinajstić information content (AvgIpc) is 2.43. The molecule has 0 aliphatic heterocycles. The summed E-state index contributed by atoms with van der Waals surface area (Å²) in [6, 6.07) is 9.30. The number of hydrogen-bond donors (Lipinski definition) is 1. The van der Waals surface area contributed by atoms with Crippen molar-refractivity contribution in [2.75, 3.05) is 0 Å². The van der Waals surface area contributed by atoms with Crippen molar-refractivity contribution >= 4 is 17.5 Å².